The van der Waals surface area contributed by atoms with Gasteiger partial charge in [0.1, 0.15) is 30.2 Å². The molecular weight excluding hydrogens is 739 g/mol. The van der Waals surface area contributed by atoms with Crippen LogP contribution in [0.15, 0.2) is 61.2 Å². The minimum absolute atomic E-state index is 0.0182. The summed E-state index contributed by atoms with van der Waals surface area (Å²) in [5, 5.41) is 2.13. The lowest BCUT2D eigenvalue weighted by molar-refractivity contribution is -0.142. The largest absolute Gasteiger partial charge is 0.493 e. The number of ether oxygens (including phenoxy) is 3. The van der Waals surface area contributed by atoms with E-state index in [0.29, 0.717) is 40.9 Å². The molecule has 5 atom stereocenters. The highest BCUT2D eigenvalue weighted by molar-refractivity contribution is 7.90. The molecule has 2 N–H and O–H groups in total. The van der Waals surface area contributed by atoms with Gasteiger partial charge in [-0.3, -0.25) is 19.1 Å². The number of hydrogen-bond donors (Lipinski definition) is 2. The number of rotatable bonds is 7. The molecule has 15 heteroatoms. The van der Waals surface area contributed by atoms with Gasteiger partial charge in [-0.25, -0.2) is 23.2 Å². The molecule has 0 unspecified atom stereocenters. The molecule has 0 radical (unpaired) electrons. The van der Waals surface area contributed by atoms with Crippen LogP contribution in [0.4, 0.5) is 4.79 Å². The Balaban J connectivity index is 1.27. The first-order chi connectivity index (χ1) is 26.4. The van der Waals surface area contributed by atoms with Gasteiger partial charge in [-0.05, 0) is 54.9 Å². The Bertz CT molecular complexity index is 2200. The molecule has 4 bridgehead atoms. The molecule has 1 saturated heterocycles. The van der Waals surface area contributed by atoms with Crippen molar-refractivity contribution in [1.29, 1.82) is 0 Å². The molecule has 2 aliphatic carbocycles. The Kier molecular flexibility index (Phi) is 10.1. The number of hydrogen-bond acceptors (Lipinski definition) is 11. The highest BCUT2D eigenvalue weighted by atomic mass is 32.2. The summed E-state index contributed by atoms with van der Waals surface area (Å²) in [6.07, 6.45) is 0.880. The number of carbonyl (C=O) groups is 4. The third kappa shape index (κ3) is 8.09. The summed E-state index contributed by atoms with van der Waals surface area (Å²) in [4.78, 5) is 67.4. The zero-order valence-corrected chi connectivity index (χ0v) is 33.2. The van der Waals surface area contributed by atoms with E-state index in [2.05, 4.69) is 16.6 Å². The number of allylic oxidation sites excluding steroid dienone is 1. The maximum absolute atomic E-state index is 14.7. The first-order valence-corrected chi connectivity index (χ1v) is 20.6. The predicted octanol–water partition coefficient (Wildman–Crippen LogP) is 4.96. The molecule has 0 spiro atoms. The van der Waals surface area contributed by atoms with E-state index < -0.39 is 79.3 Å². The predicted molar refractivity (Wildman–Crippen MR) is 207 cm³/mol. The van der Waals surface area contributed by atoms with Gasteiger partial charge in [0.15, 0.2) is 5.78 Å². The third-order valence-electron chi connectivity index (χ3n) is 11.0. The van der Waals surface area contributed by atoms with Gasteiger partial charge in [0.05, 0.1) is 40.9 Å². The number of alkyl carbamates (subject to hydrolysis) is 1. The normalized spacial score (nSPS) is 26.6. The molecule has 2 aromatic carbocycles. The Morgan fingerprint density at radius 2 is 1.73 bits per heavy atom. The van der Waals surface area contributed by atoms with Crippen LogP contribution in [-0.2, 0) is 29.1 Å². The van der Waals surface area contributed by atoms with Crippen LogP contribution in [0, 0.1) is 22.2 Å². The van der Waals surface area contributed by atoms with E-state index in [1.54, 1.807) is 26.8 Å². The highest BCUT2D eigenvalue weighted by Gasteiger charge is 2.61. The summed E-state index contributed by atoms with van der Waals surface area (Å²) >= 11 is 0. The molecule has 3 aromatic rings. The molecule has 56 heavy (non-hydrogen) atoms. The van der Waals surface area contributed by atoms with Gasteiger partial charge in [0.2, 0.25) is 27.7 Å². The lowest BCUT2D eigenvalue weighted by atomic mass is 9.85. The molecule has 3 heterocycles. The lowest BCUT2D eigenvalue weighted by Crippen LogP contribution is -2.57. The van der Waals surface area contributed by atoms with Crippen molar-refractivity contribution >= 4 is 44.7 Å². The minimum Gasteiger partial charge on any atom is -0.493 e. The number of carbonyl (C=O) groups excluding carboxylic acids is 4. The van der Waals surface area contributed by atoms with Crippen LogP contribution in [0.1, 0.15) is 66.7 Å². The van der Waals surface area contributed by atoms with Crippen molar-refractivity contribution in [3.8, 4) is 22.9 Å². The number of cyclic esters (lactones) is 1. The smallest absolute Gasteiger partial charge is 0.407 e. The summed E-state index contributed by atoms with van der Waals surface area (Å²) in [6.45, 7) is 13.1. The first kappa shape index (κ1) is 39.2. The van der Waals surface area contributed by atoms with Gasteiger partial charge in [-0.1, -0.05) is 65.0 Å². The minimum atomic E-state index is -3.88. The van der Waals surface area contributed by atoms with Crippen molar-refractivity contribution in [1.82, 2.24) is 24.9 Å². The van der Waals surface area contributed by atoms with Crippen LogP contribution in [0.2, 0.25) is 0 Å². The van der Waals surface area contributed by atoms with E-state index in [4.69, 9.17) is 24.2 Å². The summed E-state index contributed by atoms with van der Waals surface area (Å²) in [5.74, 6) is -1.41. The third-order valence-corrected chi connectivity index (χ3v) is 12.8. The fraction of sp³-hybridized carbons (Fsp3) is 0.512. The summed E-state index contributed by atoms with van der Waals surface area (Å²) in [6, 6.07) is 12.5. The number of amides is 3. The van der Waals surface area contributed by atoms with E-state index in [1.807, 2.05) is 62.4 Å². The number of fused-ring (bicyclic) bond motifs is 7. The summed E-state index contributed by atoms with van der Waals surface area (Å²) in [7, 11) is -3.88. The van der Waals surface area contributed by atoms with Crippen molar-refractivity contribution in [2.24, 2.45) is 22.2 Å². The number of benzene rings is 2. The van der Waals surface area contributed by atoms with Crippen LogP contribution in [0.5, 0.6) is 11.6 Å². The van der Waals surface area contributed by atoms with E-state index in [-0.39, 0.29) is 44.9 Å². The number of Topliss-reactive ketones (excluding diaryl/α,β-unsaturated/α-hetero) is 1. The second-order valence-corrected chi connectivity index (χ2v) is 19.3. The Morgan fingerprint density at radius 1 is 1.04 bits per heavy atom. The van der Waals surface area contributed by atoms with Gasteiger partial charge in [-0.15, -0.1) is 6.58 Å². The van der Waals surface area contributed by atoms with Crippen LogP contribution < -0.4 is 19.5 Å². The highest BCUT2D eigenvalue weighted by Crippen LogP contribution is 2.57. The Hall–Kier alpha value is -5.05. The van der Waals surface area contributed by atoms with Gasteiger partial charge in [0.25, 0.3) is 0 Å². The van der Waals surface area contributed by atoms with Crippen molar-refractivity contribution in [2.45, 2.75) is 90.2 Å². The van der Waals surface area contributed by atoms with E-state index in [9.17, 15) is 27.6 Å². The average molecular weight is 788 g/mol. The molecule has 7 rings (SSSR count). The van der Waals surface area contributed by atoms with E-state index in [1.165, 1.54) is 4.90 Å². The number of sulfonamides is 1. The molecule has 2 aliphatic heterocycles. The molecule has 1 aromatic heterocycles. The molecular formula is C41H49N5O9S. The molecule has 3 amide bonds. The van der Waals surface area contributed by atoms with Crippen molar-refractivity contribution in [3.63, 3.8) is 0 Å². The summed E-state index contributed by atoms with van der Waals surface area (Å²) < 4.78 is 46.3. The second kappa shape index (κ2) is 14.5. The zero-order chi connectivity index (χ0) is 40.2. The number of nitrogens with zero attached hydrogens (tertiary/aromatic N) is 3. The van der Waals surface area contributed by atoms with Crippen LogP contribution in [0.3, 0.4) is 0 Å². The van der Waals surface area contributed by atoms with Gasteiger partial charge in [0, 0.05) is 23.8 Å². The standard InChI is InChI=1S/C41H49N5O9S/c1-7-25-19-41(25,37(49)45-56(51,52)28-15-16-28)20-32(47)31-18-27-21-46(31)36(48)34(39(2,3)4)44-38(50)54-23-40(5,6)22-53-26-12-10-11-24(17-26)33-35(55-27)43-30-14-9-8-13-29(30)42-33/h7-14,17,25,27-28,31,34H,1,15-16,18-23H2,2-6H3,(H,44,50)(H,45,49)/t25-,27-,31+,34-,41-/m1/s1. The van der Waals surface area contributed by atoms with Crippen molar-refractivity contribution in [3.05, 3.63) is 61.2 Å². The number of aromatic nitrogens is 2. The van der Waals surface area contributed by atoms with Crippen molar-refractivity contribution < 1.29 is 41.8 Å². The monoisotopic (exact) mass is 787 g/mol. The van der Waals surface area contributed by atoms with Crippen LogP contribution >= 0.6 is 0 Å². The SMILES string of the molecule is C=C[C@@H]1C[C@]1(CC(=O)[C@@H]1C[C@@H]2CN1C(=O)[C@H](C(C)(C)C)NC(=O)OCC(C)(C)COc1cccc(c1)-c1nc3ccccc3nc1O2)C(=O)NS(=O)(=O)C1CC1. The Labute approximate surface area is 326 Å². The fourth-order valence-corrected chi connectivity index (χ4v) is 8.83. The topological polar surface area (TPSA) is 183 Å². The molecule has 298 valence electrons. The molecule has 2 saturated carbocycles. The quantitative estimate of drug-likeness (QED) is 0.309. The average Bonchev–Trinajstić information content (AvgIpc) is 4.08. The second-order valence-electron chi connectivity index (χ2n) is 17.4. The van der Waals surface area contributed by atoms with Crippen molar-refractivity contribution in [2.75, 3.05) is 19.8 Å². The molecule has 4 aliphatic rings. The zero-order valence-electron chi connectivity index (χ0n) is 32.4. The van der Waals surface area contributed by atoms with Crippen LogP contribution in [0.25, 0.3) is 22.3 Å². The fourth-order valence-electron chi connectivity index (χ4n) is 7.44. The number of ketones is 1. The lowest BCUT2D eigenvalue weighted by Gasteiger charge is -2.35. The Morgan fingerprint density at radius 3 is 2.39 bits per heavy atom. The van der Waals surface area contributed by atoms with E-state index in [0.717, 1.165) is 0 Å². The number of nitrogens with one attached hydrogen (secondary N) is 2. The van der Waals surface area contributed by atoms with Gasteiger partial charge >= 0.3 is 6.09 Å². The maximum Gasteiger partial charge on any atom is 0.407 e. The van der Waals surface area contributed by atoms with E-state index >= 15 is 0 Å². The number of para-hydroxylation sites is 2. The maximum atomic E-state index is 14.7. The first-order valence-electron chi connectivity index (χ1n) is 19.0. The van der Waals surface area contributed by atoms with Gasteiger partial charge < -0.3 is 24.4 Å². The van der Waals surface area contributed by atoms with Gasteiger partial charge in [-0.2, -0.15) is 0 Å². The molecule has 14 nitrogen and oxygen atoms in total. The molecule has 3 fully saturated rings. The summed E-state index contributed by atoms with van der Waals surface area (Å²) in [5.41, 5.74) is -0.471. The van der Waals surface area contributed by atoms with Crippen LogP contribution in [-0.4, -0.2) is 90.2 Å².